The molecule has 1 unspecified atom stereocenters. The number of amides is 1. The number of carbonyl (C=O) groups excluding carboxylic acids is 1. The van der Waals surface area contributed by atoms with Gasteiger partial charge in [0.05, 0.1) is 0 Å². The van der Waals surface area contributed by atoms with Crippen molar-refractivity contribution in [1.29, 1.82) is 0 Å². The summed E-state index contributed by atoms with van der Waals surface area (Å²) in [7, 11) is 0. The van der Waals surface area contributed by atoms with E-state index in [0.717, 1.165) is 25.1 Å². The van der Waals surface area contributed by atoms with Gasteiger partial charge in [0.2, 0.25) is 0 Å². The molecule has 1 amide bonds. The first-order valence-corrected chi connectivity index (χ1v) is 8.92. The molecule has 0 bridgehead atoms. The predicted molar refractivity (Wildman–Crippen MR) is 102 cm³/mol. The summed E-state index contributed by atoms with van der Waals surface area (Å²) in [5.74, 6) is -0.0198. The maximum atomic E-state index is 12.2. The molecule has 4 nitrogen and oxygen atoms in total. The van der Waals surface area contributed by atoms with Gasteiger partial charge in [0, 0.05) is 42.7 Å². The first-order valence-electron chi connectivity index (χ1n) is 8.04. The van der Waals surface area contributed by atoms with E-state index >= 15 is 0 Å². The molecule has 0 fully saturated rings. The quantitative estimate of drug-likeness (QED) is 0.856. The van der Waals surface area contributed by atoms with E-state index in [-0.39, 0.29) is 18.3 Å². The van der Waals surface area contributed by atoms with Crippen LogP contribution in [0.4, 0.5) is 0 Å². The third kappa shape index (κ3) is 4.36. The molecule has 1 aromatic heterocycles. The minimum Gasteiger partial charge on any atom is -0.350 e. The molecule has 0 saturated carbocycles. The molecular formula is C18H24ClN3OS. The summed E-state index contributed by atoms with van der Waals surface area (Å²) in [4.78, 5) is 16.2. The Labute approximate surface area is 153 Å². The third-order valence-corrected chi connectivity index (χ3v) is 5.49. The number of nitrogens with zero attached hydrogens (tertiary/aromatic N) is 1. The summed E-state index contributed by atoms with van der Waals surface area (Å²) < 4.78 is 0. The summed E-state index contributed by atoms with van der Waals surface area (Å²) in [6.07, 6.45) is 1.12. The Morgan fingerprint density at radius 3 is 2.79 bits per heavy atom. The number of carbonyl (C=O) groups is 1. The van der Waals surface area contributed by atoms with Crippen molar-refractivity contribution in [2.24, 2.45) is 5.73 Å². The van der Waals surface area contributed by atoms with Gasteiger partial charge in [-0.3, -0.25) is 9.69 Å². The lowest BCUT2D eigenvalue weighted by atomic mass is 10.1. The highest BCUT2D eigenvalue weighted by Crippen LogP contribution is 2.24. The van der Waals surface area contributed by atoms with Crippen LogP contribution in [0.3, 0.4) is 0 Å². The molecule has 1 atom stereocenters. The van der Waals surface area contributed by atoms with Gasteiger partial charge in [-0.25, -0.2) is 0 Å². The highest BCUT2D eigenvalue weighted by Gasteiger charge is 2.21. The maximum Gasteiger partial charge on any atom is 0.251 e. The van der Waals surface area contributed by atoms with Crippen molar-refractivity contribution in [3.8, 4) is 0 Å². The molecule has 1 aromatic carbocycles. The lowest BCUT2D eigenvalue weighted by molar-refractivity contribution is 0.0932. The van der Waals surface area contributed by atoms with E-state index in [4.69, 9.17) is 5.73 Å². The number of halogens is 1. The smallest absolute Gasteiger partial charge is 0.251 e. The third-order valence-electron chi connectivity index (χ3n) is 4.47. The monoisotopic (exact) mass is 365 g/mol. The number of rotatable bonds is 5. The van der Waals surface area contributed by atoms with E-state index in [1.807, 2.05) is 35.6 Å². The topological polar surface area (TPSA) is 58.4 Å². The Morgan fingerprint density at radius 2 is 2.08 bits per heavy atom. The molecule has 0 saturated heterocycles. The van der Waals surface area contributed by atoms with Crippen LogP contribution in [0.2, 0.25) is 0 Å². The minimum atomic E-state index is -0.0198. The standard InChI is InChI=1S/C18H23N3OS.ClH/c1-13(21-8-6-17-16(12-21)7-9-23-17)11-20-18(22)15-4-2-14(10-19)3-5-15;/h2-5,7,9,13H,6,8,10-12,19H2,1H3,(H,20,22);1H. The van der Waals surface area contributed by atoms with Crippen molar-refractivity contribution >= 4 is 29.7 Å². The number of fused-ring (bicyclic) bond motifs is 1. The molecule has 2 aromatic rings. The zero-order valence-corrected chi connectivity index (χ0v) is 15.5. The van der Waals surface area contributed by atoms with Crippen molar-refractivity contribution in [3.63, 3.8) is 0 Å². The molecule has 3 N–H and O–H groups in total. The number of nitrogens with two attached hydrogens (primary N) is 1. The largest absolute Gasteiger partial charge is 0.350 e. The van der Waals surface area contributed by atoms with Gasteiger partial charge in [-0.1, -0.05) is 12.1 Å². The first kappa shape index (κ1) is 18.9. The van der Waals surface area contributed by atoms with Crippen molar-refractivity contribution in [2.75, 3.05) is 13.1 Å². The molecule has 24 heavy (non-hydrogen) atoms. The van der Waals surface area contributed by atoms with Gasteiger partial charge in [-0.15, -0.1) is 23.7 Å². The molecule has 6 heteroatoms. The minimum absolute atomic E-state index is 0. The fourth-order valence-corrected chi connectivity index (χ4v) is 3.80. The summed E-state index contributed by atoms with van der Waals surface area (Å²) >= 11 is 1.85. The predicted octanol–water partition coefficient (Wildman–Crippen LogP) is 2.81. The van der Waals surface area contributed by atoms with Gasteiger partial charge in [0.1, 0.15) is 0 Å². The van der Waals surface area contributed by atoms with E-state index in [9.17, 15) is 4.79 Å². The van der Waals surface area contributed by atoms with Crippen LogP contribution in [-0.4, -0.2) is 29.9 Å². The van der Waals surface area contributed by atoms with Crippen molar-refractivity contribution in [2.45, 2.75) is 32.5 Å². The molecule has 1 aliphatic heterocycles. The van der Waals surface area contributed by atoms with E-state index in [1.54, 1.807) is 0 Å². The van der Waals surface area contributed by atoms with Crippen LogP contribution >= 0.6 is 23.7 Å². The lowest BCUT2D eigenvalue weighted by Crippen LogP contribution is -2.44. The van der Waals surface area contributed by atoms with Crippen LogP contribution in [0.5, 0.6) is 0 Å². The Morgan fingerprint density at radius 1 is 1.33 bits per heavy atom. The second-order valence-corrected chi connectivity index (χ2v) is 7.05. The summed E-state index contributed by atoms with van der Waals surface area (Å²) in [6, 6.07) is 10.0. The maximum absolute atomic E-state index is 12.2. The Kier molecular flexibility index (Phi) is 6.80. The summed E-state index contributed by atoms with van der Waals surface area (Å²) in [5, 5.41) is 5.21. The van der Waals surface area contributed by atoms with E-state index in [1.165, 1.54) is 10.4 Å². The van der Waals surface area contributed by atoms with Crippen LogP contribution in [0, 0.1) is 0 Å². The summed E-state index contributed by atoms with van der Waals surface area (Å²) in [5.41, 5.74) is 8.74. The van der Waals surface area contributed by atoms with Crippen molar-refractivity contribution < 1.29 is 4.79 Å². The number of benzene rings is 1. The second-order valence-electron chi connectivity index (χ2n) is 6.05. The van der Waals surface area contributed by atoms with Crippen molar-refractivity contribution in [1.82, 2.24) is 10.2 Å². The Hall–Kier alpha value is -1.40. The number of hydrogen-bond donors (Lipinski definition) is 2. The van der Waals surface area contributed by atoms with Crippen LogP contribution in [0.25, 0.3) is 0 Å². The SMILES string of the molecule is CC(CNC(=O)c1ccc(CN)cc1)N1CCc2sccc2C1.Cl. The Bertz CT molecular complexity index is 671. The fraction of sp³-hybridized carbons (Fsp3) is 0.389. The van der Waals surface area contributed by atoms with Crippen LogP contribution in [-0.2, 0) is 19.5 Å². The molecule has 0 radical (unpaired) electrons. The van der Waals surface area contributed by atoms with Gasteiger partial charge in [0.25, 0.3) is 5.91 Å². The number of hydrogen-bond acceptors (Lipinski definition) is 4. The highest BCUT2D eigenvalue weighted by atomic mass is 35.5. The van der Waals surface area contributed by atoms with Crippen LogP contribution < -0.4 is 11.1 Å². The second kappa shape index (κ2) is 8.62. The van der Waals surface area contributed by atoms with E-state index in [0.29, 0.717) is 24.7 Å². The average molecular weight is 366 g/mol. The van der Waals surface area contributed by atoms with E-state index in [2.05, 4.69) is 28.6 Å². The first-order chi connectivity index (χ1) is 11.2. The van der Waals surface area contributed by atoms with Gasteiger partial charge in [-0.05, 0) is 48.1 Å². The highest BCUT2D eigenvalue weighted by molar-refractivity contribution is 7.10. The summed E-state index contributed by atoms with van der Waals surface area (Å²) in [6.45, 7) is 5.39. The van der Waals surface area contributed by atoms with Crippen LogP contribution in [0.15, 0.2) is 35.7 Å². The van der Waals surface area contributed by atoms with Gasteiger partial charge in [-0.2, -0.15) is 0 Å². The molecule has 130 valence electrons. The van der Waals surface area contributed by atoms with E-state index < -0.39 is 0 Å². The van der Waals surface area contributed by atoms with Gasteiger partial charge >= 0.3 is 0 Å². The number of nitrogens with one attached hydrogen (secondary N) is 1. The van der Waals surface area contributed by atoms with Gasteiger partial charge < -0.3 is 11.1 Å². The zero-order chi connectivity index (χ0) is 16.2. The van der Waals surface area contributed by atoms with Gasteiger partial charge in [0.15, 0.2) is 0 Å². The molecule has 0 aliphatic carbocycles. The number of thiophene rings is 1. The zero-order valence-electron chi connectivity index (χ0n) is 13.8. The van der Waals surface area contributed by atoms with Crippen molar-refractivity contribution in [3.05, 3.63) is 57.3 Å². The molecule has 3 rings (SSSR count). The molecule has 2 heterocycles. The Balaban J connectivity index is 0.00000208. The molecule has 1 aliphatic rings. The fourth-order valence-electron chi connectivity index (χ4n) is 2.91. The average Bonchev–Trinajstić information content (AvgIpc) is 3.07. The molecular weight excluding hydrogens is 342 g/mol. The normalized spacial score (nSPS) is 15.2. The molecule has 0 spiro atoms. The lowest BCUT2D eigenvalue weighted by Gasteiger charge is -2.32. The van der Waals surface area contributed by atoms with Crippen LogP contribution in [0.1, 0.15) is 33.3 Å².